The van der Waals surface area contributed by atoms with Gasteiger partial charge < -0.3 is 15.5 Å². The van der Waals surface area contributed by atoms with Gasteiger partial charge in [-0.1, -0.05) is 6.07 Å². The molecule has 0 aliphatic carbocycles. The Morgan fingerprint density at radius 3 is 2.70 bits per heavy atom. The number of likely N-dealkylation sites (tertiary alicyclic amines) is 1. The lowest BCUT2D eigenvalue weighted by molar-refractivity contribution is -0.140. The predicted octanol–water partition coefficient (Wildman–Crippen LogP) is 1.61. The van der Waals surface area contributed by atoms with Gasteiger partial charge in [0.1, 0.15) is 5.92 Å². The fraction of sp³-hybridized carbons (Fsp3) is 0.556. The number of hydrogen-bond donors (Lipinski definition) is 1. The van der Waals surface area contributed by atoms with E-state index in [1.165, 1.54) is 5.56 Å². The minimum atomic E-state index is -0.538. The third-order valence-corrected chi connectivity index (χ3v) is 5.24. The zero-order valence-corrected chi connectivity index (χ0v) is 13.9. The molecule has 1 aromatic rings. The van der Waals surface area contributed by atoms with Crippen molar-refractivity contribution < 1.29 is 9.59 Å². The van der Waals surface area contributed by atoms with E-state index in [1.54, 1.807) is 4.90 Å². The maximum absolute atomic E-state index is 12.7. The highest BCUT2D eigenvalue weighted by molar-refractivity contribution is 6.09. The zero-order chi connectivity index (χ0) is 16.6. The molecule has 0 radical (unpaired) electrons. The van der Waals surface area contributed by atoms with Crippen LogP contribution in [-0.2, 0) is 9.59 Å². The molecule has 2 atom stereocenters. The molecule has 0 spiro atoms. The van der Waals surface area contributed by atoms with Crippen LogP contribution in [0.1, 0.15) is 30.4 Å². The minimum absolute atomic E-state index is 0.0331. The summed E-state index contributed by atoms with van der Waals surface area (Å²) in [6, 6.07) is 6.12. The Labute approximate surface area is 137 Å². The SMILES string of the molecule is Cc1ccc(N2CCC(C(=O)N3CCCC3CN)C2=O)cc1C. The van der Waals surface area contributed by atoms with Crippen LogP contribution in [0.3, 0.4) is 0 Å². The topological polar surface area (TPSA) is 66.6 Å². The highest BCUT2D eigenvalue weighted by Crippen LogP contribution is 2.29. The van der Waals surface area contributed by atoms with Crippen LogP contribution in [0.15, 0.2) is 18.2 Å². The number of rotatable bonds is 3. The van der Waals surface area contributed by atoms with E-state index in [0.717, 1.165) is 30.6 Å². The average molecular weight is 315 g/mol. The normalized spacial score (nSPS) is 24.6. The molecular formula is C18H25N3O2. The average Bonchev–Trinajstić information content (AvgIpc) is 3.16. The van der Waals surface area contributed by atoms with Gasteiger partial charge in [-0.3, -0.25) is 9.59 Å². The number of carbonyl (C=O) groups excluding carboxylic acids is 2. The van der Waals surface area contributed by atoms with Gasteiger partial charge >= 0.3 is 0 Å². The van der Waals surface area contributed by atoms with Gasteiger partial charge in [-0.15, -0.1) is 0 Å². The van der Waals surface area contributed by atoms with Crippen LogP contribution in [0.4, 0.5) is 5.69 Å². The van der Waals surface area contributed by atoms with Crippen molar-refractivity contribution in [2.24, 2.45) is 11.7 Å². The van der Waals surface area contributed by atoms with Crippen LogP contribution >= 0.6 is 0 Å². The van der Waals surface area contributed by atoms with Gasteiger partial charge in [-0.05, 0) is 56.4 Å². The molecule has 2 aliphatic rings. The maximum atomic E-state index is 12.7. The molecule has 2 N–H and O–H groups in total. The Balaban J connectivity index is 1.76. The third-order valence-electron chi connectivity index (χ3n) is 5.24. The summed E-state index contributed by atoms with van der Waals surface area (Å²) in [6.07, 6.45) is 2.53. The number of aryl methyl sites for hydroxylation is 2. The summed E-state index contributed by atoms with van der Waals surface area (Å²) in [5.74, 6) is -0.640. The molecule has 0 bridgehead atoms. The molecule has 2 fully saturated rings. The minimum Gasteiger partial charge on any atom is -0.338 e. The van der Waals surface area contributed by atoms with Crippen molar-refractivity contribution in [1.29, 1.82) is 0 Å². The lowest BCUT2D eigenvalue weighted by atomic mass is 10.1. The summed E-state index contributed by atoms with van der Waals surface area (Å²) < 4.78 is 0. The number of amides is 2. The third kappa shape index (κ3) is 2.85. The second kappa shape index (κ2) is 6.32. The number of hydrogen-bond acceptors (Lipinski definition) is 3. The lowest BCUT2D eigenvalue weighted by Crippen LogP contribution is -2.45. The molecule has 5 nitrogen and oxygen atoms in total. The summed E-state index contributed by atoms with van der Waals surface area (Å²) in [4.78, 5) is 29.1. The summed E-state index contributed by atoms with van der Waals surface area (Å²) in [7, 11) is 0. The number of anilines is 1. The van der Waals surface area contributed by atoms with Crippen molar-refractivity contribution in [2.75, 3.05) is 24.5 Å². The Bertz CT molecular complexity index is 629. The largest absolute Gasteiger partial charge is 0.338 e. The van der Waals surface area contributed by atoms with Crippen LogP contribution in [0.25, 0.3) is 0 Å². The Hall–Kier alpha value is -1.88. The van der Waals surface area contributed by atoms with Crippen LogP contribution in [0.5, 0.6) is 0 Å². The first-order valence-electron chi connectivity index (χ1n) is 8.42. The number of nitrogens with two attached hydrogens (primary N) is 1. The summed E-state index contributed by atoms with van der Waals surface area (Å²) >= 11 is 0. The molecular weight excluding hydrogens is 290 g/mol. The van der Waals surface area contributed by atoms with Crippen molar-refractivity contribution in [3.63, 3.8) is 0 Å². The molecule has 5 heteroatoms. The first kappa shape index (κ1) is 16.0. The van der Waals surface area contributed by atoms with E-state index >= 15 is 0 Å². The number of carbonyl (C=O) groups is 2. The van der Waals surface area contributed by atoms with Crippen LogP contribution in [0, 0.1) is 19.8 Å². The first-order valence-corrected chi connectivity index (χ1v) is 8.42. The van der Waals surface area contributed by atoms with Crippen molar-refractivity contribution in [1.82, 2.24) is 4.90 Å². The van der Waals surface area contributed by atoms with Gasteiger partial charge in [0, 0.05) is 31.4 Å². The van der Waals surface area contributed by atoms with E-state index in [-0.39, 0.29) is 17.9 Å². The van der Waals surface area contributed by atoms with Gasteiger partial charge in [0.2, 0.25) is 11.8 Å². The fourth-order valence-electron chi connectivity index (χ4n) is 3.63. The van der Waals surface area contributed by atoms with E-state index in [4.69, 9.17) is 5.73 Å². The van der Waals surface area contributed by atoms with Gasteiger partial charge in [-0.25, -0.2) is 0 Å². The van der Waals surface area contributed by atoms with E-state index in [9.17, 15) is 9.59 Å². The molecule has 2 saturated heterocycles. The molecule has 0 aromatic heterocycles. The highest BCUT2D eigenvalue weighted by atomic mass is 16.2. The van der Waals surface area contributed by atoms with Gasteiger partial charge in [0.25, 0.3) is 0 Å². The van der Waals surface area contributed by atoms with Gasteiger partial charge in [0.05, 0.1) is 0 Å². The summed E-state index contributed by atoms with van der Waals surface area (Å²) in [5.41, 5.74) is 9.01. The van der Waals surface area contributed by atoms with Crippen molar-refractivity contribution >= 4 is 17.5 Å². The Kier molecular flexibility index (Phi) is 4.39. The second-order valence-corrected chi connectivity index (χ2v) is 6.66. The smallest absolute Gasteiger partial charge is 0.239 e. The monoisotopic (exact) mass is 315 g/mol. The maximum Gasteiger partial charge on any atom is 0.239 e. The Morgan fingerprint density at radius 2 is 2.00 bits per heavy atom. The van der Waals surface area contributed by atoms with Crippen LogP contribution < -0.4 is 10.6 Å². The molecule has 2 unspecified atom stereocenters. The van der Waals surface area contributed by atoms with E-state index < -0.39 is 5.92 Å². The molecule has 0 saturated carbocycles. The fourth-order valence-corrected chi connectivity index (χ4v) is 3.63. The molecule has 2 heterocycles. The van der Waals surface area contributed by atoms with Gasteiger partial charge in [0.15, 0.2) is 0 Å². The first-order chi connectivity index (χ1) is 11.0. The van der Waals surface area contributed by atoms with Crippen molar-refractivity contribution in [2.45, 2.75) is 39.2 Å². The summed E-state index contributed by atoms with van der Waals surface area (Å²) in [6.45, 7) is 5.91. The molecule has 1 aromatic carbocycles. The highest BCUT2D eigenvalue weighted by Gasteiger charge is 2.42. The quantitative estimate of drug-likeness (QED) is 0.862. The molecule has 3 rings (SSSR count). The van der Waals surface area contributed by atoms with Crippen LogP contribution in [0.2, 0.25) is 0 Å². The molecule has 23 heavy (non-hydrogen) atoms. The molecule has 124 valence electrons. The van der Waals surface area contributed by atoms with Crippen LogP contribution in [-0.4, -0.2) is 42.4 Å². The lowest BCUT2D eigenvalue weighted by Gasteiger charge is -2.26. The molecule has 2 aliphatic heterocycles. The van der Waals surface area contributed by atoms with Crippen molar-refractivity contribution in [3.8, 4) is 0 Å². The second-order valence-electron chi connectivity index (χ2n) is 6.66. The molecule has 2 amide bonds. The predicted molar refractivity (Wildman–Crippen MR) is 90.2 cm³/mol. The van der Waals surface area contributed by atoms with E-state index in [0.29, 0.717) is 19.5 Å². The van der Waals surface area contributed by atoms with E-state index in [2.05, 4.69) is 6.92 Å². The standard InChI is InChI=1S/C18H25N3O2/c1-12-5-6-14(10-13(12)2)21-9-7-16(18(21)23)17(22)20-8-3-4-15(20)11-19/h5-6,10,15-16H,3-4,7-9,11,19H2,1-2H3. The van der Waals surface area contributed by atoms with Gasteiger partial charge in [-0.2, -0.15) is 0 Å². The zero-order valence-electron chi connectivity index (χ0n) is 13.9. The number of benzene rings is 1. The summed E-state index contributed by atoms with van der Waals surface area (Å²) in [5, 5.41) is 0. The van der Waals surface area contributed by atoms with Crippen molar-refractivity contribution in [3.05, 3.63) is 29.3 Å². The Morgan fingerprint density at radius 1 is 1.22 bits per heavy atom. The number of nitrogens with zero attached hydrogens (tertiary/aromatic N) is 2. The van der Waals surface area contributed by atoms with E-state index in [1.807, 2.05) is 30.0 Å².